The molecule has 0 aliphatic carbocycles. The fraction of sp³-hybridized carbons (Fsp3) is 0.538. The maximum Gasteiger partial charge on any atom is 0.0388 e. The first-order valence-electron chi connectivity index (χ1n) is 5.45. The molecule has 0 radical (unpaired) electrons. The van der Waals surface area contributed by atoms with Crippen LogP contribution in [-0.2, 0) is 6.42 Å². The summed E-state index contributed by atoms with van der Waals surface area (Å²) in [7, 11) is 0. The number of hydrogen-bond donors (Lipinski definition) is 1. The molecule has 1 N–H and O–H groups in total. The molecule has 15 heavy (non-hydrogen) atoms. The number of nitrogens with one attached hydrogen (secondary N) is 1. The Hall–Kier alpha value is -0.780. The molecular weight excluding hydrogens is 202 g/mol. The Morgan fingerprint density at radius 2 is 2.20 bits per heavy atom. The highest BCUT2D eigenvalue weighted by Crippen LogP contribution is 2.23. The Morgan fingerprint density at radius 3 is 2.73 bits per heavy atom. The summed E-state index contributed by atoms with van der Waals surface area (Å²) in [6.07, 6.45) is 7.19. The molecule has 0 aliphatic rings. The van der Waals surface area contributed by atoms with Gasteiger partial charge in [-0.25, -0.2) is 0 Å². The highest BCUT2D eigenvalue weighted by Gasteiger charge is 2.10. The minimum absolute atomic E-state index is 0.386. The van der Waals surface area contributed by atoms with Gasteiger partial charge in [-0.15, -0.1) is 23.7 Å². The SMILES string of the molecule is C#CCC(C)NC(C)c1ccc(CC)s1. The molecule has 2 heteroatoms. The van der Waals surface area contributed by atoms with Crippen molar-refractivity contribution in [3.8, 4) is 12.3 Å². The summed E-state index contributed by atoms with van der Waals surface area (Å²) in [5.41, 5.74) is 0. The van der Waals surface area contributed by atoms with E-state index < -0.39 is 0 Å². The Labute approximate surface area is 96.9 Å². The van der Waals surface area contributed by atoms with E-state index in [1.165, 1.54) is 9.75 Å². The van der Waals surface area contributed by atoms with Crippen LogP contribution >= 0.6 is 11.3 Å². The fourth-order valence-electron chi connectivity index (χ4n) is 1.56. The summed E-state index contributed by atoms with van der Waals surface area (Å²) in [6.45, 7) is 6.51. The van der Waals surface area contributed by atoms with Crippen LogP contribution in [0.25, 0.3) is 0 Å². The number of rotatable bonds is 5. The predicted octanol–water partition coefficient (Wildman–Crippen LogP) is 3.37. The lowest BCUT2D eigenvalue weighted by atomic mass is 10.2. The van der Waals surface area contributed by atoms with E-state index in [0.29, 0.717) is 12.1 Å². The summed E-state index contributed by atoms with van der Waals surface area (Å²) in [6, 6.07) is 5.21. The van der Waals surface area contributed by atoms with Gasteiger partial charge in [-0.2, -0.15) is 0 Å². The minimum Gasteiger partial charge on any atom is -0.306 e. The predicted molar refractivity (Wildman–Crippen MR) is 68.2 cm³/mol. The lowest BCUT2D eigenvalue weighted by Gasteiger charge is -2.17. The van der Waals surface area contributed by atoms with Crippen LogP contribution in [0.5, 0.6) is 0 Å². The summed E-state index contributed by atoms with van der Waals surface area (Å²) in [5.74, 6) is 2.68. The van der Waals surface area contributed by atoms with E-state index >= 15 is 0 Å². The van der Waals surface area contributed by atoms with Gasteiger partial charge in [0.1, 0.15) is 0 Å². The van der Waals surface area contributed by atoms with Crippen LogP contribution in [0.2, 0.25) is 0 Å². The van der Waals surface area contributed by atoms with Gasteiger partial charge in [-0.05, 0) is 32.4 Å². The zero-order valence-electron chi connectivity index (χ0n) is 9.71. The van der Waals surface area contributed by atoms with Crippen LogP contribution in [-0.4, -0.2) is 6.04 Å². The summed E-state index contributed by atoms with van der Waals surface area (Å²) < 4.78 is 0. The van der Waals surface area contributed by atoms with Gasteiger partial charge in [-0.1, -0.05) is 6.92 Å². The molecule has 0 aliphatic heterocycles. The normalized spacial score (nSPS) is 14.5. The average Bonchev–Trinajstić information content (AvgIpc) is 2.66. The molecular formula is C13H19NS. The molecule has 2 unspecified atom stereocenters. The topological polar surface area (TPSA) is 12.0 Å². The van der Waals surface area contributed by atoms with E-state index in [2.05, 4.69) is 44.1 Å². The first kappa shape index (κ1) is 12.3. The van der Waals surface area contributed by atoms with Gasteiger partial charge in [0, 0.05) is 28.3 Å². The zero-order chi connectivity index (χ0) is 11.3. The largest absolute Gasteiger partial charge is 0.306 e. The first-order chi connectivity index (χ1) is 7.17. The maximum atomic E-state index is 5.28. The van der Waals surface area contributed by atoms with Crippen molar-refractivity contribution in [2.75, 3.05) is 0 Å². The first-order valence-corrected chi connectivity index (χ1v) is 6.27. The standard InChI is InChI=1S/C13H19NS/c1-5-7-10(3)14-11(4)13-9-8-12(6-2)15-13/h1,8-11,14H,6-7H2,2-4H3. The smallest absolute Gasteiger partial charge is 0.0388 e. The molecule has 2 atom stereocenters. The second kappa shape index (κ2) is 5.95. The molecule has 82 valence electrons. The van der Waals surface area contributed by atoms with Crippen LogP contribution in [0.3, 0.4) is 0 Å². The lowest BCUT2D eigenvalue weighted by molar-refractivity contribution is 0.491. The van der Waals surface area contributed by atoms with Crippen LogP contribution in [0.1, 0.15) is 43.0 Å². The third kappa shape index (κ3) is 3.70. The van der Waals surface area contributed by atoms with Crippen LogP contribution < -0.4 is 5.32 Å². The molecule has 0 spiro atoms. The van der Waals surface area contributed by atoms with Crippen molar-refractivity contribution in [3.63, 3.8) is 0 Å². The monoisotopic (exact) mass is 221 g/mol. The van der Waals surface area contributed by atoms with Gasteiger partial charge in [0.25, 0.3) is 0 Å². The second-order valence-corrected chi connectivity index (χ2v) is 5.06. The molecule has 1 rings (SSSR count). The Balaban J connectivity index is 2.53. The highest BCUT2D eigenvalue weighted by molar-refractivity contribution is 7.12. The Morgan fingerprint density at radius 1 is 1.47 bits per heavy atom. The summed E-state index contributed by atoms with van der Waals surface area (Å²) in [4.78, 5) is 2.85. The van der Waals surface area contributed by atoms with E-state index in [4.69, 9.17) is 6.42 Å². The molecule has 0 amide bonds. The van der Waals surface area contributed by atoms with Gasteiger partial charge < -0.3 is 5.32 Å². The van der Waals surface area contributed by atoms with Crippen molar-refractivity contribution in [1.29, 1.82) is 0 Å². The molecule has 1 nitrogen and oxygen atoms in total. The molecule has 1 aromatic heterocycles. The van der Waals surface area contributed by atoms with E-state index in [1.807, 2.05) is 11.3 Å². The van der Waals surface area contributed by atoms with E-state index in [1.54, 1.807) is 0 Å². The van der Waals surface area contributed by atoms with Crippen LogP contribution in [0.15, 0.2) is 12.1 Å². The fourth-order valence-corrected chi connectivity index (χ4v) is 2.53. The van der Waals surface area contributed by atoms with Crippen molar-refractivity contribution in [3.05, 3.63) is 21.9 Å². The van der Waals surface area contributed by atoms with Crippen LogP contribution in [0, 0.1) is 12.3 Å². The van der Waals surface area contributed by atoms with Gasteiger partial charge >= 0.3 is 0 Å². The third-order valence-electron chi connectivity index (χ3n) is 2.42. The number of aryl methyl sites for hydroxylation is 1. The molecule has 1 aromatic rings. The molecule has 0 saturated heterocycles. The summed E-state index contributed by atoms with van der Waals surface area (Å²) in [5, 5.41) is 3.50. The zero-order valence-corrected chi connectivity index (χ0v) is 10.5. The number of hydrogen-bond acceptors (Lipinski definition) is 2. The van der Waals surface area contributed by atoms with Gasteiger partial charge in [0.15, 0.2) is 0 Å². The second-order valence-electron chi connectivity index (χ2n) is 3.86. The van der Waals surface area contributed by atoms with Crippen molar-refractivity contribution in [2.24, 2.45) is 0 Å². The average molecular weight is 221 g/mol. The maximum absolute atomic E-state index is 5.28. The van der Waals surface area contributed by atoms with Gasteiger partial charge in [0.05, 0.1) is 0 Å². The van der Waals surface area contributed by atoms with E-state index in [0.717, 1.165) is 12.8 Å². The number of terminal acetylenes is 1. The minimum atomic E-state index is 0.386. The van der Waals surface area contributed by atoms with Gasteiger partial charge in [0.2, 0.25) is 0 Å². The number of thiophene rings is 1. The van der Waals surface area contributed by atoms with E-state index in [9.17, 15) is 0 Å². The van der Waals surface area contributed by atoms with Crippen LogP contribution in [0.4, 0.5) is 0 Å². The molecule has 0 bridgehead atoms. The quantitative estimate of drug-likeness (QED) is 0.752. The van der Waals surface area contributed by atoms with Crippen molar-refractivity contribution in [1.82, 2.24) is 5.32 Å². The highest BCUT2D eigenvalue weighted by atomic mass is 32.1. The Kier molecular flexibility index (Phi) is 4.87. The van der Waals surface area contributed by atoms with Crippen molar-refractivity contribution in [2.45, 2.75) is 45.7 Å². The molecule has 0 saturated carbocycles. The van der Waals surface area contributed by atoms with E-state index in [-0.39, 0.29) is 0 Å². The Bertz CT molecular complexity index is 335. The summed E-state index contributed by atoms with van der Waals surface area (Å²) >= 11 is 1.89. The molecule has 0 fully saturated rings. The van der Waals surface area contributed by atoms with Crippen molar-refractivity contribution >= 4 is 11.3 Å². The van der Waals surface area contributed by atoms with Crippen molar-refractivity contribution < 1.29 is 0 Å². The third-order valence-corrected chi connectivity index (χ3v) is 3.83. The molecule has 1 heterocycles. The lowest BCUT2D eigenvalue weighted by Crippen LogP contribution is -2.27. The van der Waals surface area contributed by atoms with Gasteiger partial charge in [-0.3, -0.25) is 0 Å². The molecule has 0 aromatic carbocycles.